The minimum atomic E-state index is 0.310. The predicted octanol–water partition coefficient (Wildman–Crippen LogP) is 3.37. The second kappa shape index (κ2) is 9.93. The minimum absolute atomic E-state index is 0.310. The van der Waals surface area contributed by atoms with Gasteiger partial charge in [0.15, 0.2) is 5.75 Å². The molecule has 2 aliphatic heterocycles. The van der Waals surface area contributed by atoms with Crippen molar-refractivity contribution in [2.75, 3.05) is 32.8 Å². The van der Waals surface area contributed by atoms with E-state index < -0.39 is 0 Å². The summed E-state index contributed by atoms with van der Waals surface area (Å²) >= 11 is 0. The Morgan fingerprint density at radius 1 is 1.12 bits per heavy atom. The van der Waals surface area contributed by atoms with Crippen molar-refractivity contribution in [3.63, 3.8) is 0 Å². The zero-order valence-electron chi connectivity index (χ0n) is 15.8. The lowest BCUT2D eigenvalue weighted by Crippen LogP contribution is -2.48. The Bertz CT molecular complexity index is 583. The van der Waals surface area contributed by atoms with Gasteiger partial charge >= 0.3 is 0 Å². The number of benzene rings is 1. The number of hydrogen-bond acceptors (Lipinski definition) is 4. The molecule has 5 nitrogen and oxygen atoms in total. The van der Waals surface area contributed by atoms with E-state index in [9.17, 15) is 4.79 Å². The first-order valence-electron chi connectivity index (χ1n) is 9.97. The third-order valence-corrected chi connectivity index (χ3v) is 5.23. The van der Waals surface area contributed by atoms with E-state index >= 15 is 0 Å². The molecule has 5 heteroatoms. The fourth-order valence-electron chi connectivity index (χ4n) is 3.61. The van der Waals surface area contributed by atoms with Crippen LogP contribution in [0.3, 0.4) is 0 Å². The van der Waals surface area contributed by atoms with Crippen molar-refractivity contribution in [2.24, 2.45) is 0 Å². The summed E-state index contributed by atoms with van der Waals surface area (Å²) < 4.78 is 0. The van der Waals surface area contributed by atoms with Gasteiger partial charge in [0.2, 0.25) is 5.91 Å². The lowest BCUT2D eigenvalue weighted by Gasteiger charge is -2.35. The number of rotatable bonds is 7. The van der Waals surface area contributed by atoms with Gasteiger partial charge in [0.05, 0.1) is 6.61 Å². The van der Waals surface area contributed by atoms with Crippen molar-refractivity contribution in [2.45, 2.75) is 51.5 Å². The molecule has 0 spiro atoms. The maximum absolute atomic E-state index is 12.3. The number of amides is 1. The van der Waals surface area contributed by atoms with Crippen molar-refractivity contribution in [3.8, 4) is 5.75 Å². The van der Waals surface area contributed by atoms with Crippen molar-refractivity contribution in [3.05, 3.63) is 36.2 Å². The zero-order chi connectivity index (χ0) is 18.2. The maximum Gasteiger partial charge on any atom is 0.222 e. The molecule has 143 valence electrons. The highest BCUT2D eigenvalue weighted by molar-refractivity contribution is 5.76. The van der Waals surface area contributed by atoms with Gasteiger partial charge in [-0.1, -0.05) is 38.3 Å². The molecule has 1 aromatic rings. The van der Waals surface area contributed by atoms with E-state index in [4.69, 9.17) is 9.78 Å². The van der Waals surface area contributed by atoms with Gasteiger partial charge in [-0.2, -0.15) is 4.89 Å². The average molecular weight is 359 g/mol. The molecule has 2 heterocycles. The quantitative estimate of drug-likeness (QED) is 0.553. The standard InChI is InChI=1S/C21H31N2O3/c1-2-3-4-5-8-21(24)23-13-11-22(12-14-23)17-18-9-10-19-7-6-15-25-26-20(19)16-18/h9-10,16H,1-8,11-15,17H2. The lowest BCUT2D eigenvalue weighted by atomic mass is 10.1. The minimum Gasteiger partial charge on any atom is -0.340 e. The van der Waals surface area contributed by atoms with Crippen LogP contribution in [0.25, 0.3) is 0 Å². The number of piperazine rings is 1. The molecule has 0 aromatic heterocycles. The number of unbranched alkanes of at least 4 members (excludes halogenated alkanes) is 3. The second-order valence-corrected chi connectivity index (χ2v) is 7.27. The number of hydrogen-bond donors (Lipinski definition) is 0. The third-order valence-electron chi connectivity index (χ3n) is 5.23. The van der Waals surface area contributed by atoms with E-state index in [2.05, 4.69) is 30.0 Å². The van der Waals surface area contributed by atoms with Crippen molar-refractivity contribution < 1.29 is 14.6 Å². The van der Waals surface area contributed by atoms with Crippen molar-refractivity contribution in [1.82, 2.24) is 9.80 Å². The van der Waals surface area contributed by atoms with Gasteiger partial charge in [-0.25, -0.2) is 0 Å². The Hall–Kier alpha value is -1.59. The topological polar surface area (TPSA) is 42.0 Å². The highest BCUT2D eigenvalue weighted by Gasteiger charge is 2.21. The molecule has 3 rings (SSSR count). The van der Waals surface area contributed by atoms with Crippen LogP contribution in [0, 0.1) is 6.92 Å². The molecule has 26 heavy (non-hydrogen) atoms. The molecule has 0 unspecified atom stereocenters. The molecule has 1 radical (unpaired) electrons. The molecule has 1 saturated heterocycles. The summed E-state index contributed by atoms with van der Waals surface area (Å²) in [5, 5.41) is 0. The molecule has 1 aromatic carbocycles. The largest absolute Gasteiger partial charge is 0.340 e. The molecular formula is C21H31N2O3. The van der Waals surface area contributed by atoms with Gasteiger partial charge in [0, 0.05) is 39.1 Å². The van der Waals surface area contributed by atoms with Crippen LogP contribution in [0.5, 0.6) is 5.75 Å². The first-order chi connectivity index (χ1) is 12.8. The Morgan fingerprint density at radius 2 is 1.96 bits per heavy atom. The maximum atomic E-state index is 12.3. The fraction of sp³-hybridized carbons (Fsp3) is 0.619. The van der Waals surface area contributed by atoms with Crippen LogP contribution in [0.1, 0.15) is 49.7 Å². The van der Waals surface area contributed by atoms with Crippen molar-refractivity contribution in [1.29, 1.82) is 0 Å². The van der Waals surface area contributed by atoms with E-state index in [0.717, 1.165) is 77.0 Å². The van der Waals surface area contributed by atoms with Gasteiger partial charge in [0.1, 0.15) is 0 Å². The highest BCUT2D eigenvalue weighted by Crippen LogP contribution is 2.25. The van der Waals surface area contributed by atoms with Crippen LogP contribution < -0.4 is 4.89 Å². The Morgan fingerprint density at radius 3 is 2.77 bits per heavy atom. The summed E-state index contributed by atoms with van der Waals surface area (Å²) in [6.45, 7) is 8.91. The summed E-state index contributed by atoms with van der Waals surface area (Å²) in [5.41, 5.74) is 2.46. The molecule has 0 N–H and O–H groups in total. The molecular weight excluding hydrogens is 328 g/mol. The monoisotopic (exact) mass is 359 g/mol. The summed E-state index contributed by atoms with van der Waals surface area (Å²) in [5.74, 6) is 1.17. The van der Waals surface area contributed by atoms with Gasteiger partial charge in [-0.3, -0.25) is 9.69 Å². The third kappa shape index (κ3) is 5.45. The second-order valence-electron chi connectivity index (χ2n) is 7.27. The van der Waals surface area contributed by atoms with E-state index in [1.807, 2.05) is 4.90 Å². The Balaban J connectivity index is 1.44. The number of fused-ring (bicyclic) bond motifs is 1. The average Bonchev–Trinajstić information content (AvgIpc) is 2.91. The van der Waals surface area contributed by atoms with Crippen LogP contribution in [0.15, 0.2) is 18.2 Å². The fourth-order valence-corrected chi connectivity index (χ4v) is 3.61. The molecule has 1 fully saturated rings. The van der Waals surface area contributed by atoms with Crippen molar-refractivity contribution >= 4 is 5.91 Å². The van der Waals surface area contributed by atoms with Gasteiger partial charge < -0.3 is 9.79 Å². The van der Waals surface area contributed by atoms with E-state index in [1.165, 1.54) is 11.1 Å². The van der Waals surface area contributed by atoms with Gasteiger partial charge in [-0.05, 0) is 36.5 Å². The SMILES string of the molecule is [CH2]CCCCCC(=O)N1CCN(Cc2ccc3c(c2)OOCCC3)CC1. The number of aryl methyl sites for hydroxylation is 1. The van der Waals surface area contributed by atoms with Gasteiger partial charge in [0.25, 0.3) is 0 Å². The summed E-state index contributed by atoms with van der Waals surface area (Å²) in [7, 11) is 0. The first kappa shape index (κ1) is 19.2. The molecule has 0 aliphatic carbocycles. The predicted molar refractivity (Wildman–Crippen MR) is 102 cm³/mol. The van der Waals surface area contributed by atoms with E-state index in [1.54, 1.807) is 0 Å². The lowest BCUT2D eigenvalue weighted by molar-refractivity contribution is -0.203. The number of nitrogens with zero attached hydrogens (tertiary/aromatic N) is 2. The van der Waals surface area contributed by atoms with E-state index in [0.29, 0.717) is 18.9 Å². The van der Waals surface area contributed by atoms with Crippen LogP contribution >= 0.6 is 0 Å². The summed E-state index contributed by atoms with van der Waals surface area (Å²) in [6.07, 6.45) is 6.87. The van der Waals surface area contributed by atoms with Crippen LogP contribution in [-0.2, 0) is 22.6 Å². The first-order valence-corrected chi connectivity index (χ1v) is 9.97. The summed E-state index contributed by atoms with van der Waals surface area (Å²) in [6, 6.07) is 6.44. The molecule has 2 aliphatic rings. The van der Waals surface area contributed by atoms with Crippen LogP contribution in [-0.4, -0.2) is 48.5 Å². The van der Waals surface area contributed by atoms with Gasteiger partial charge in [-0.15, -0.1) is 0 Å². The van der Waals surface area contributed by atoms with Crippen LogP contribution in [0.2, 0.25) is 0 Å². The molecule has 0 bridgehead atoms. The molecule has 0 atom stereocenters. The number of carbonyl (C=O) groups excluding carboxylic acids is 1. The normalized spacial score (nSPS) is 18.1. The van der Waals surface area contributed by atoms with E-state index in [-0.39, 0.29) is 0 Å². The smallest absolute Gasteiger partial charge is 0.222 e. The Labute approximate surface area is 157 Å². The molecule has 1 amide bonds. The summed E-state index contributed by atoms with van der Waals surface area (Å²) in [4.78, 5) is 27.3. The number of carbonyl (C=O) groups is 1. The Kier molecular flexibility index (Phi) is 7.32. The highest BCUT2D eigenvalue weighted by atomic mass is 17.2. The zero-order valence-corrected chi connectivity index (χ0v) is 15.8. The molecule has 0 saturated carbocycles. The van der Waals surface area contributed by atoms with Crippen LogP contribution in [0.4, 0.5) is 0 Å².